The molecule has 17 heavy (non-hydrogen) atoms. The molecule has 0 unspecified atom stereocenters. The number of esters is 1. The van der Waals surface area contributed by atoms with E-state index in [1.807, 2.05) is 0 Å². The standard InChI is InChI=1S/C13H21NO3/c1-2-17-12(15)9-14-8-10-6-4-3-5-7-11(10)13(14)16/h10-11H,2-9H2,1H3/t10-,11-/m0/s1. The molecule has 1 heterocycles. The highest BCUT2D eigenvalue weighted by Crippen LogP contribution is 2.35. The topological polar surface area (TPSA) is 46.6 Å². The third-order valence-corrected chi connectivity index (χ3v) is 3.87. The second-order valence-electron chi connectivity index (χ2n) is 5.03. The second kappa shape index (κ2) is 5.52. The predicted octanol–water partition coefficient (Wildman–Crippen LogP) is 1.59. The average molecular weight is 239 g/mol. The van der Waals surface area contributed by atoms with Crippen LogP contribution in [0.2, 0.25) is 0 Å². The largest absolute Gasteiger partial charge is 0.465 e. The van der Waals surface area contributed by atoms with Crippen LogP contribution >= 0.6 is 0 Å². The van der Waals surface area contributed by atoms with Crippen molar-refractivity contribution < 1.29 is 14.3 Å². The van der Waals surface area contributed by atoms with Crippen molar-refractivity contribution in [3.8, 4) is 0 Å². The van der Waals surface area contributed by atoms with E-state index in [1.54, 1.807) is 11.8 Å². The van der Waals surface area contributed by atoms with Gasteiger partial charge in [-0.1, -0.05) is 19.3 Å². The zero-order valence-corrected chi connectivity index (χ0v) is 10.5. The number of likely N-dealkylation sites (tertiary alicyclic amines) is 1. The first-order valence-electron chi connectivity index (χ1n) is 6.66. The van der Waals surface area contributed by atoms with Gasteiger partial charge >= 0.3 is 5.97 Å². The summed E-state index contributed by atoms with van der Waals surface area (Å²) in [5.74, 6) is 0.536. The Kier molecular flexibility index (Phi) is 4.02. The van der Waals surface area contributed by atoms with E-state index in [9.17, 15) is 9.59 Å². The molecule has 1 aliphatic carbocycles. The van der Waals surface area contributed by atoms with Crippen molar-refractivity contribution in [1.82, 2.24) is 4.90 Å². The van der Waals surface area contributed by atoms with Gasteiger partial charge in [0.25, 0.3) is 0 Å². The van der Waals surface area contributed by atoms with Gasteiger partial charge in [0.05, 0.1) is 6.61 Å². The van der Waals surface area contributed by atoms with E-state index in [1.165, 1.54) is 12.8 Å². The summed E-state index contributed by atoms with van der Waals surface area (Å²) in [5, 5.41) is 0. The number of carbonyl (C=O) groups is 2. The molecule has 4 nitrogen and oxygen atoms in total. The monoisotopic (exact) mass is 239 g/mol. The molecule has 0 N–H and O–H groups in total. The molecule has 0 radical (unpaired) electrons. The minimum absolute atomic E-state index is 0.139. The van der Waals surface area contributed by atoms with Crippen LogP contribution in [-0.4, -0.2) is 36.5 Å². The fourth-order valence-electron chi connectivity index (χ4n) is 3.04. The zero-order valence-electron chi connectivity index (χ0n) is 10.5. The number of amides is 1. The highest BCUT2D eigenvalue weighted by molar-refractivity contribution is 5.85. The van der Waals surface area contributed by atoms with E-state index in [-0.39, 0.29) is 24.3 Å². The van der Waals surface area contributed by atoms with Gasteiger partial charge in [-0.3, -0.25) is 9.59 Å². The Morgan fingerprint density at radius 1 is 1.35 bits per heavy atom. The maximum atomic E-state index is 12.2. The van der Waals surface area contributed by atoms with Gasteiger partial charge in [0, 0.05) is 12.5 Å². The molecule has 1 saturated heterocycles. The van der Waals surface area contributed by atoms with E-state index in [0.29, 0.717) is 12.5 Å². The normalized spacial score (nSPS) is 28.8. The van der Waals surface area contributed by atoms with Gasteiger partial charge < -0.3 is 9.64 Å². The first-order chi connectivity index (χ1) is 8.22. The predicted molar refractivity (Wildman–Crippen MR) is 63.3 cm³/mol. The van der Waals surface area contributed by atoms with Gasteiger partial charge in [-0.05, 0) is 25.7 Å². The Bertz CT molecular complexity index is 303. The van der Waals surface area contributed by atoms with Crippen LogP contribution in [-0.2, 0) is 14.3 Å². The molecule has 2 atom stereocenters. The van der Waals surface area contributed by atoms with Crippen molar-refractivity contribution in [3.63, 3.8) is 0 Å². The molecule has 0 spiro atoms. The summed E-state index contributed by atoms with van der Waals surface area (Å²) >= 11 is 0. The third-order valence-electron chi connectivity index (χ3n) is 3.87. The molecule has 1 amide bonds. The molecule has 1 aliphatic heterocycles. The molecular formula is C13H21NO3. The fourth-order valence-corrected chi connectivity index (χ4v) is 3.04. The Hall–Kier alpha value is -1.06. The molecule has 1 saturated carbocycles. The van der Waals surface area contributed by atoms with E-state index in [0.717, 1.165) is 25.8 Å². The maximum absolute atomic E-state index is 12.2. The van der Waals surface area contributed by atoms with Crippen LogP contribution in [0.1, 0.15) is 39.0 Å². The van der Waals surface area contributed by atoms with Crippen molar-refractivity contribution in [1.29, 1.82) is 0 Å². The van der Waals surface area contributed by atoms with Crippen LogP contribution in [0.4, 0.5) is 0 Å². The summed E-state index contributed by atoms with van der Waals surface area (Å²) in [4.78, 5) is 25.2. The first-order valence-corrected chi connectivity index (χ1v) is 6.66. The molecule has 0 bridgehead atoms. The van der Waals surface area contributed by atoms with Crippen LogP contribution in [0.25, 0.3) is 0 Å². The number of rotatable bonds is 3. The lowest BCUT2D eigenvalue weighted by atomic mass is 9.91. The van der Waals surface area contributed by atoms with Crippen molar-refractivity contribution in [3.05, 3.63) is 0 Å². The SMILES string of the molecule is CCOC(=O)CN1C[C@@H]2CCCCC[C@@H]2C1=O. The molecule has 2 rings (SSSR count). The maximum Gasteiger partial charge on any atom is 0.325 e. The van der Waals surface area contributed by atoms with Gasteiger partial charge in [-0.2, -0.15) is 0 Å². The Labute approximate surface area is 102 Å². The Morgan fingerprint density at radius 2 is 2.12 bits per heavy atom. The number of fused-ring (bicyclic) bond motifs is 1. The number of hydrogen-bond acceptors (Lipinski definition) is 3. The third kappa shape index (κ3) is 2.79. The minimum Gasteiger partial charge on any atom is -0.465 e. The minimum atomic E-state index is -0.280. The van der Waals surface area contributed by atoms with Crippen LogP contribution in [0.3, 0.4) is 0 Å². The Morgan fingerprint density at radius 3 is 2.88 bits per heavy atom. The summed E-state index contributed by atoms with van der Waals surface area (Å²) < 4.78 is 4.90. The van der Waals surface area contributed by atoms with Crippen molar-refractivity contribution in [2.75, 3.05) is 19.7 Å². The highest BCUT2D eigenvalue weighted by atomic mass is 16.5. The molecular weight excluding hydrogens is 218 g/mol. The number of carbonyl (C=O) groups excluding carboxylic acids is 2. The molecule has 0 aromatic rings. The lowest BCUT2D eigenvalue weighted by molar-refractivity contribution is -0.148. The van der Waals surface area contributed by atoms with E-state index >= 15 is 0 Å². The zero-order chi connectivity index (χ0) is 12.3. The van der Waals surface area contributed by atoms with Crippen molar-refractivity contribution in [2.45, 2.75) is 39.0 Å². The summed E-state index contributed by atoms with van der Waals surface area (Å²) in [6.45, 7) is 3.06. The van der Waals surface area contributed by atoms with Crippen LogP contribution in [0.15, 0.2) is 0 Å². The molecule has 2 aliphatic rings. The van der Waals surface area contributed by atoms with Crippen LogP contribution in [0, 0.1) is 11.8 Å². The van der Waals surface area contributed by atoms with Crippen molar-refractivity contribution >= 4 is 11.9 Å². The smallest absolute Gasteiger partial charge is 0.325 e. The molecule has 0 aromatic carbocycles. The quantitative estimate of drug-likeness (QED) is 0.703. The van der Waals surface area contributed by atoms with E-state index in [4.69, 9.17) is 4.74 Å². The van der Waals surface area contributed by atoms with Crippen LogP contribution < -0.4 is 0 Å². The van der Waals surface area contributed by atoms with Crippen LogP contribution in [0.5, 0.6) is 0 Å². The highest BCUT2D eigenvalue weighted by Gasteiger charge is 2.40. The van der Waals surface area contributed by atoms with Crippen molar-refractivity contribution in [2.24, 2.45) is 11.8 Å². The van der Waals surface area contributed by atoms with Gasteiger partial charge in [-0.25, -0.2) is 0 Å². The van der Waals surface area contributed by atoms with Gasteiger partial charge in [0.2, 0.25) is 5.91 Å². The Balaban J connectivity index is 1.93. The number of hydrogen-bond donors (Lipinski definition) is 0. The molecule has 0 aromatic heterocycles. The summed E-state index contributed by atoms with van der Waals surface area (Å²) in [6, 6.07) is 0. The first kappa shape index (κ1) is 12.4. The van der Waals surface area contributed by atoms with E-state index < -0.39 is 0 Å². The van der Waals surface area contributed by atoms with Gasteiger partial charge in [0.15, 0.2) is 0 Å². The fraction of sp³-hybridized carbons (Fsp3) is 0.846. The van der Waals surface area contributed by atoms with Gasteiger partial charge in [0.1, 0.15) is 6.54 Å². The molecule has 2 fully saturated rings. The lowest BCUT2D eigenvalue weighted by Gasteiger charge is -2.15. The molecule has 4 heteroatoms. The average Bonchev–Trinajstić information content (AvgIpc) is 2.51. The lowest BCUT2D eigenvalue weighted by Crippen LogP contribution is -2.33. The summed E-state index contributed by atoms with van der Waals surface area (Å²) in [5.41, 5.74) is 0. The summed E-state index contributed by atoms with van der Waals surface area (Å²) in [6.07, 6.45) is 5.76. The second-order valence-corrected chi connectivity index (χ2v) is 5.03. The number of ether oxygens (including phenoxy) is 1. The summed E-state index contributed by atoms with van der Waals surface area (Å²) in [7, 11) is 0. The number of nitrogens with zero attached hydrogens (tertiary/aromatic N) is 1. The molecule has 96 valence electrons. The van der Waals surface area contributed by atoms with E-state index in [2.05, 4.69) is 0 Å². The van der Waals surface area contributed by atoms with Gasteiger partial charge in [-0.15, -0.1) is 0 Å².